The molecule has 2 aromatic rings. The van der Waals surface area contributed by atoms with E-state index in [2.05, 4.69) is 22.6 Å². The first-order valence-corrected chi connectivity index (χ1v) is 6.64. The molecule has 20 heavy (non-hydrogen) atoms. The molecule has 0 bridgehead atoms. The Labute approximate surface area is 118 Å². The maximum atomic E-state index is 11.9. The van der Waals surface area contributed by atoms with Crippen LogP contribution in [0, 0.1) is 0 Å². The third kappa shape index (κ3) is 3.64. The monoisotopic (exact) mass is 273 g/mol. The van der Waals surface area contributed by atoms with E-state index in [0.29, 0.717) is 25.3 Å². The fraction of sp³-hybridized carbons (Fsp3) is 0.357. The standard InChI is InChI=1S/C14H19N5O/c1-11(12-5-3-2-4-6-12)9-16-14(20)13-10-19(8-7-15)18-17-13/h2-6,10-11H,7-9,15H2,1H3,(H,16,20). The molecule has 1 atom stereocenters. The zero-order valence-electron chi connectivity index (χ0n) is 11.5. The Kier molecular flexibility index (Phi) is 4.84. The van der Waals surface area contributed by atoms with Crippen LogP contribution in [-0.4, -0.2) is 34.0 Å². The lowest BCUT2D eigenvalue weighted by Crippen LogP contribution is -2.27. The SMILES string of the molecule is CC(CNC(=O)c1cn(CCN)nn1)c1ccccc1. The van der Waals surface area contributed by atoms with Crippen LogP contribution in [0.3, 0.4) is 0 Å². The summed E-state index contributed by atoms with van der Waals surface area (Å²) in [6.45, 7) is 3.66. The van der Waals surface area contributed by atoms with Crippen LogP contribution in [0.2, 0.25) is 0 Å². The second-order valence-electron chi connectivity index (χ2n) is 4.68. The van der Waals surface area contributed by atoms with Gasteiger partial charge in [0.1, 0.15) is 0 Å². The smallest absolute Gasteiger partial charge is 0.273 e. The Morgan fingerprint density at radius 2 is 2.15 bits per heavy atom. The van der Waals surface area contributed by atoms with Gasteiger partial charge >= 0.3 is 0 Å². The molecule has 0 aliphatic carbocycles. The first kappa shape index (κ1) is 14.2. The molecule has 2 rings (SSSR count). The normalized spacial score (nSPS) is 12.1. The molecule has 1 amide bonds. The summed E-state index contributed by atoms with van der Waals surface area (Å²) < 4.78 is 1.57. The number of amides is 1. The van der Waals surface area contributed by atoms with Crippen LogP contribution < -0.4 is 11.1 Å². The number of nitrogens with two attached hydrogens (primary N) is 1. The molecule has 0 spiro atoms. The topological polar surface area (TPSA) is 85.8 Å². The van der Waals surface area contributed by atoms with Gasteiger partial charge in [-0.2, -0.15) is 0 Å². The van der Waals surface area contributed by atoms with Gasteiger partial charge in [-0.3, -0.25) is 9.48 Å². The number of hydrogen-bond donors (Lipinski definition) is 2. The minimum Gasteiger partial charge on any atom is -0.350 e. The van der Waals surface area contributed by atoms with E-state index in [4.69, 9.17) is 5.73 Å². The van der Waals surface area contributed by atoms with Crippen molar-refractivity contribution in [3.8, 4) is 0 Å². The molecule has 0 saturated heterocycles. The van der Waals surface area contributed by atoms with Crippen molar-refractivity contribution in [1.82, 2.24) is 20.3 Å². The largest absolute Gasteiger partial charge is 0.350 e. The summed E-state index contributed by atoms with van der Waals surface area (Å²) in [5, 5.41) is 10.5. The fourth-order valence-electron chi connectivity index (χ4n) is 1.88. The van der Waals surface area contributed by atoms with E-state index >= 15 is 0 Å². The van der Waals surface area contributed by atoms with Gasteiger partial charge in [-0.05, 0) is 11.5 Å². The summed E-state index contributed by atoms with van der Waals surface area (Å²) in [6, 6.07) is 10.1. The highest BCUT2D eigenvalue weighted by Gasteiger charge is 2.12. The molecule has 6 nitrogen and oxygen atoms in total. The molecule has 6 heteroatoms. The maximum absolute atomic E-state index is 11.9. The molecule has 1 aromatic carbocycles. The molecule has 0 aliphatic heterocycles. The van der Waals surface area contributed by atoms with Gasteiger partial charge in [0.25, 0.3) is 5.91 Å². The fourth-order valence-corrected chi connectivity index (χ4v) is 1.88. The summed E-state index contributed by atoms with van der Waals surface area (Å²) in [6.07, 6.45) is 1.61. The summed E-state index contributed by atoms with van der Waals surface area (Å²) >= 11 is 0. The third-order valence-corrected chi connectivity index (χ3v) is 3.07. The molecule has 1 heterocycles. The molecule has 0 radical (unpaired) electrons. The lowest BCUT2D eigenvalue weighted by molar-refractivity contribution is 0.0946. The van der Waals surface area contributed by atoms with Gasteiger partial charge in [-0.15, -0.1) is 5.10 Å². The number of rotatable bonds is 6. The summed E-state index contributed by atoms with van der Waals surface area (Å²) in [7, 11) is 0. The van der Waals surface area contributed by atoms with Gasteiger partial charge in [0.2, 0.25) is 0 Å². The molecule has 106 valence electrons. The van der Waals surface area contributed by atoms with Crippen molar-refractivity contribution < 1.29 is 4.79 Å². The van der Waals surface area contributed by atoms with Crippen molar-refractivity contribution in [3.63, 3.8) is 0 Å². The number of hydrogen-bond acceptors (Lipinski definition) is 4. The third-order valence-electron chi connectivity index (χ3n) is 3.07. The second-order valence-corrected chi connectivity index (χ2v) is 4.68. The molecular weight excluding hydrogens is 254 g/mol. The zero-order valence-corrected chi connectivity index (χ0v) is 11.5. The molecule has 1 aromatic heterocycles. The quantitative estimate of drug-likeness (QED) is 0.814. The summed E-state index contributed by atoms with van der Waals surface area (Å²) in [5.41, 5.74) is 6.93. The Bertz CT molecular complexity index is 552. The van der Waals surface area contributed by atoms with E-state index in [1.165, 1.54) is 5.56 Å². The number of benzene rings is 1. The number of carbonyl (C=O) groups is 1. The van der Waals surface area contributed by atoms with Crippen molar-refractivity contribution in [3.05, 3.63) is 47.8 Å². The summed E-state index contributed by atoms with van der Waals surface area (Å²) in [4.78, 5) is 11.9. The molecular formula is C14H19N5O. The van der Waals surface area contributed by atoms with Crippen molar-refractivity contribution in [2.75, 3.05) is 13.1 Å². The highest BCUT2D eigenvalue weighted by Crippen LogP contribution is 2.13. The second kappa shape index (κ2) is 6.81. The Hall–Kier alpha value is -2.21. The van der Waals surface area contributed by atoms with Crippen LogP contribution in [-0.2, 0) is 6.54 Å². The number of nitrogens with one attached hydrogen (secondary N) is 1. The maximum Gasteiger partial charge on any atom is 0.273 e. The molecule has 0 saturated carbocycles. The van der Waals surface area contributed by atoms with Gasteiger partial charge < -0.3 is 11.1 Å². The number of carbonyl (C=O) groups excluding carboxylic acids is 1. The highest BCUT2D eigenvalue weighted by atomic mass is 16.2. The van der Waals surface area contributed by atoms with Crippen LogP contribution in [0.25, 0.3) is 0 Å². The average molecular weight is 273 g/mol. The van der Waals surface area contributed by atoms with Crippen LogP contribution in [0.4, 0.5) is 0 Å². The molecule has 1 unspecified atom stereocenters. The van der Waals surface area contributed by atoms with Crippen molar-refractivity contribution in [2.24, 2.45) is 5.73 Å². The molecule has 3 N–H and O–H groups in total. The van der Waals surface area contributed by atoms with Crippen LogP contribution in [0.1, 0.15) is 28.9 Å². The summed E-state index contributed by atoms with van der Waals surface area (Å²) in [5.74, 6) is 0.0373. The van der Waals surface area contributed by atoms with Gasteiger partial charge in [0.15, 0.2) is 5.69 Å². The predicted octanol–water partition coefficient (Wildman–Crippen LogP) is 0.770. The first-order valence-electron chi connectivity index (χ1n) is 6.64. The van der Waals surface area contributed by atoms with Gasteiger partial charge in [0, 0.05) is 13.1 Å². The lowest BCUT2D eigenvalue weighted by atomic mass is 10.0. The van der Waals surface area contributed by atoms with E-state index in [1.807, 2.05) is 30.3 Å². The van der Waals surface area contributed by atoms with Crippen molar-refractivity contribution >= 4 is 5.91 Å². The Morgan fingerprint density at radius 1 is 1.40 bits per heavy atom. The minimum atomic E-state index is -0.212. The van der Waals surface area contributed by atoms with Crippen LogP contribution in [0.15, 0.2) is 36.5 Å². The van der Waals surface area contributed by atoms with Crippen LogP contribution >= 0.6 is 0 Å². The van der Waals surface area contributed by atoms with Crippen molar-refractivity contribution in [1.29, 1.82) is 0 Å². The molecule has 0 fully saturated rings. The van der Waals surface area contributed by atoms with Gasteiger partial charge in [-0.1, -0.05) is 42.5 Å². The zero-order chi connectivity index (χ0) is 14.4. The van der Waals surface area contributed by atoms with Crippen molar-refractivity contribution in [2.45, 2.75) is 19.4 Å². The Balaban J connectivity index is 1.88. The highest BCUT2D eigenvalue weighted by molar-refractivity contribution is 5.91. The van der Waals surface area contributed by atoms with E-state index < -0.39 is 0 Å². The Morgan fingerprint density at radius 3 is 2.85 bits per heavy atom. The minimum absolute atomic E-state index is 0.212. The average Bonchev–Trinajstić information content (AvgIpc) is 2.94. The van der Waals surface area contributed by atoms with Crippen LogP contribution in [0.5, 0.6) is 0 Å². The van der Waals surface area contributed by atoms with E-state index in [1.54, 1.807) is 10.9 Å². The number of aromatic nitrogens is 3. The number of nitrogens with zero attached hydrogens (tertiary/aromatic N) is 3. The van der Waals surface area contributed by atoms with E-state index in [-0.39, 0.29) is 11.8 Å². The predicted molar refractivity (Wildman–Crippen MR) is 76.3 cm³/mol. The first-order chi connectivity index (χ1) is 9.70. The van der Waals surface area contributed by atoms with E-state index in [0.717, 1.165) is 0 Å². The van der Waals surface area contributed by atoms with E-state index in [9.17, 15) is 4.79 Å². The molecule has 0 aliphatic rings. The lowest BCUT2D eigenvalue weighted by Gasteiger charge is -2.12. The van der Waals surface area contributed by atoms with Gasteiger partial charge in [-0.25, -0.2) is 0 Å². The van der Waals surface area contributed by atoms with Gasteiger partial charge in [0.05, 0.1) is 12.7 Å².